The number of benzene rings is 1. The lowest BCUT2D eigenvalue weighted by atomic mass is 10.1. The third kappa shape index (κ3) is 4.35. The molecule has 6 nitrogen and oxygen atoms in total. The summed E-state index contributed by atoms with van der Waals surface area (Å²) in [5, 5.41) is 7.29. The van der Waals surface area contributed by atoms with E-state index in [9.17, 15) is 4.39 Å². The number of aromatic nitrogens is 2. The van der Waals surface area contributed by atoms with Crippen LogP contribution in [0.2, 0.25) is 0 Å². The zero-order chi connectivity index (χ0) is 20.2. The van der Waals surface area contributed by atoms with E-state index in [-0.39, 0.29) is 18.1 Å². The van der Waals surface area contributed by atoms with Gasteiger partial charge in [0.15, 0.2) is 5.76 Å². The van der Waals surface area contributed by atoms with Gasteiger partial charge in [-0.1, -0.05) is 29.4 Å². The van der Waals surface area contributed by atoms with Crippen molar-refractivity contribution in [1.82, 2.24) is 15.5 Å². The molecule has 2 unspecified atom stereocenters. The average molecular weight is 392 g/mol. The van der Waals surface area contributed by atoms with Gasteiger partial charge in [-0.2, -0.15) is 0 Å². The first kappa shape index (κ1) is 18.9. The number of nitrogens with one attached hydrogen (secondary N) is 1. The first-order chi connectivity index (χ1) is 14.1. The van der Waals surface area contributed by atoms with Gasteiger partial charge in [-0.05, 0) is 36.8 Å². The molecule has 0 amide bonds. The van der Waals surface area contributed by atoms with E-state index in [4.69, 9.17) is 15.0 Å². The van der Waals surface area contributed by atoms with E-state index in [1.54, 1.807) is 30.5 Å². The van der Waals surface area contributed by atoms with E-state index in [1.165, 1.54) is 6.07 Å². The number of pyridine rings is 1. The molecule has 0 aliphatic carbocycles. The topological polar surface area (TPSA) is 86.2 Å². The molecule has 29 heavy (non-hydrogen) atoms. The van der Waals surface area contributed by atoms with Crippen LogP contribution >= 0.6 is 0 Å². The van der Waals surface area contributed by atoms with Crippen LogP contribution in [0.1, 0.15) is 24.3 Å². The lowest BCUT2D eigenvalue weighted by Gasteiger charge is -2.23. The molecule has 4 rings (SSSR count). The number of rotatable bonds is 6. The number of halogens is 1. The average Bonchev–Trinajstić information content (AvgIpc) is 3.18. The van der Waals surface area contributed by atoms with Crippen molar-refractivity contribution in [2.75, 3.05) is 5.73 Å². The second kappa shape index (κ2) is 8.28. The molecule has 0 radical (unpaired) electrons. The second-order valence-electron chi connectivity index (χ2n) is 6.76. The molecule has 0 spiro atoms. The zero-order valence-corrected chi connectivity index (χ0v) is 15.9. The Bertz CT molecular complexity index is 1060. The lowest BCUT2D eigenvalue weighted by molar-refractivity contribution is 0.00979. The summed E-state index contributed by atoms with van der Waals surface area (Å²) in [5.74, 6) is 0.712. The molecule has 1 aromatic carbocycles. The summed E-state index contributed by atoms with van der Waals surface area (Å²) in [5.41, 5.74) is 8.92. The highest BCUT2D eigenvalue weighted by molar-refractivity contribution is 5.69. The normalized spacial score (nSPS) is 16.9. The number of anilines is 1. The number of dihydropyridines is 1. The number of allylic oxidation sites excluding steroid dienone is 2. The summed E-state index contributed by atoms with van der Waals surface area (Å²) in [7, 11) is 0. The Hall–Kier alpha value is -3.45. The van der Waals surface area contributed by atoms with E-state index in [2.05, 4.69) is 15.5 Å². The Morgan fingerprint density at radius 3 is 2.90 bits per heavy atom. The maximum atomic E-state index is 13.9. The van der Waals surface area contributed by atoms with Gasteiger partial charge in [0.25, 0.3) is 0 Å². The molecular weight excluding hydrogens is 371 g/mol. The number of hydrogen-bond acceptors (Lipinski definition) is 6. The Kier molecular flexibility index (Phi) is 5.39. The van der Waals surface area contributed by atoms with Gasteiger partial charge in [-0.25, -0.2) is 9.37 Å². The molecular formula is C22H21FN4O2. The Morgan fingerprint density at radius 2 is 2.14 bits per heavy atom. The number of nitrogens with zero attached hydrogens (tertiary/aromatic N) is 2. The molecule has 3 aromatic rings. The summed E-state index contributed by atoms with van der Waals surface area (Å²) < 4.78 is 25.2. The first-order valence-corrected chi connectivity index (χ1v) is 9.30. The standard InChI is InChI=1S/C22H21FN4O2/c1-14(17-5-2-3-7-19(17)23)28-21-9-8-15(13-26-21)11-16-12-20(29-27-16)18-6-4-10-25-22(18)24/h2-10,12-14,21,26H,11H2,1H3,(H2,24,25). The van der Waals surface area contributed by atoms with Gasteiger partial charge in [0, 0.05) is 30.4 Å². The van der Waals surface area contributed by atoms with Crippen molar-refractivity contribution >= 4 is 5.82 Å². The smallest absolute Gasteiger partial charge is 0.170 e. The van der Waals surface area contributed by atoms with Gasteiger partial charge in [0.05, 0.1) is 17.4 Å². The number of hydrogen-bond donors (Lipinski definition) is 2. The molecule has 3 heterocycles. The molecule has 0 fully saturated rings. The summed E-state index contributed by atoms with van der Waals surface area (Å²) in [4.78, 5) is 4.06. The fraction of sp³-hybridized carbons (Fsp3) is 0.182. The minimum Gasteiger partial charge on any atom is -0.383 e. The monoisotopic (exact) mass is 392 g/mol. The van der Waals surface area contributed by atoms with Gasteiger partial charge in [-0.15, -0.1) is 0 Å². The van der Waals surface area contributed by atoms with E-state index < -0.39 is 0 Å². The molecule has 148 valence electrons. The first-order valence-electron chi connectivity index (χ1n) is 9.30. The van der Waals surface area contributed by atoms with Crippen LogP contribution < -0.4 is 11.1 Å². The molecule has 2 aromatic heterocycles. The van der Waals surface area contributed by atoms with Gasteiger partial charge in [0.2, 0.25) is 0 Å². The van der Waals surface area contributed by atoms with Crippen molar-refractivity contribution in [1.29, 1.82) is 0 Å². The SMILES string of the molecule is CC(OC1C=CC(Cc2cc(-c3cccnc3N)on2)=CN1)c1ccccc1F. The highest BCUT2D eigenvalue weighted by Crippen LogP contribution is 2.26. The maximum Gasteiger partial charge on any atom is 0.170 e. The van der Waals surface area contributed by atoms with Crippen molar-refractivity contribution in [3.05, 3.63) is 89.7 Å². The fourth-order valence-corrected chi connectivity index (χ4v) is 3.15. The van der Waals surface area contributed by atoms with Crippen LogP contribution in [0.3, 0.4) is 0 Å². The van der Waals surface area contributed by atoms with Crippen molar-refractivity contribution in [3.8, 4) is 11.3 Å². The van der Waals surface area contributed by atoms with Crippen LogP contribution in [-0.4, -0.2) is 16.4 Å². The van der Waals surface area contributed by atoms with Crippen molar-refractivity contribution < 1.29 is 13.7 Å². The van der Waals surface area contributed by atoms with Crippen molar-refractivity contribution in [2.24, 2.45) is 0 Å². The third-order valence-electron chi connectivity index (χ3n) is 4.66. The van der Waals surface area contributed by atoms with E-state index in [1.807, 2.05) is 37.4 Å². The second-order valence-corrected chi connectivity index (χ2v) is 6.76. The highest BCUT2D eigenvalue weighted by atomic mass is 19.1. The lowest BCUT2D eigenvalue weighted by Crippen LogP contribution is -2.29. The highest BCUT2D eigenvalue weighted by Gasteiger charge is 2.17. The molecule has 3 N–H and O–H groups in total. The predicted molar refractivity (Wildman–Crippen MR) is 108 cm³/mol. The Balaban J connectivity index is 1.36. The molecule has 7 heteroatoms. The number of nitrogens with two attached hydrogens (primary N) is 1. The molecule has 1 aliphatic heterocycles. The van der Waals surface area contributed by atoms with Gasteiger partial charge in [-0.3, -0.25) is 0 Å². The predicted octanol–water partition coefficient (Wildman–Crippen LogP) is 4.15. The van der Waals surface area contributed by atoms with Crippen LogP contribution in [0, 0.1) is 5.82 Å². The van der Waals surface area contributed by atoms with Crippen molar-refractivity contribution in [3.63, 3.8) is 0 Å². The van der Waals surface area contributed by atoms with Crippen LogP contribution in [-0.2, 0) is 11.2 Å². The molecule has 2 atom stereocenters. The quantitative estimate of drug-likeness (QED) is 0.655. The van der Waals surface area contributed by atoms with Crippen molar-refractivity contribution in [2.45, 2.75) is 25.7 Å². The molecule has 1 aliphatic rings. The summed E-state index contributed by atoms with van der Waals surface area (Å²) >= 11 is 0. The Labute approximate surface area is 167 Å². The van der Waals surface area contributed by atoms with Gasteiger partial charge in [0.1, 0.15) is 17.9 Å². The minimum absolute atomic E-state index is 0.271. The number of ether oxygens (including phenoxy) is 1. The summed E-state index contributed by atoms with van der Waals surface area (Å²) in [6, 6.07) is 12.1. The minimum atomic E-state index is -0.378. The van der Waals surface area contributed by atoms with E-state index in [0.29, 0.717) is 29.1 Å². The van der Waals surface area contributed by atoms with Crippen LogP contribution in [0.25, 0.3) is 11.3 Å². The van der Waals surface area contributed by atoms with Gasteiger partial charge >= 0.3 is 0 Å². The number of nitrogen functional groups attached to an aromatic ring is 1. The van der Waals surface area contributed by atoms with E-state index in [0.717, 1.165) is 11.3 Å². The molecule has 0 bridgehead atoms. The van der Waals surface area contributed by atoms with Crippen LogP contribution in [0.15, 0.2) is 77.1 Å². The third-order valence-corrected chi connectivity index (χ3v) is 4.66. The zero-order valence-electron chi connectivity index (χ0n) is 15.9. The largest absolute Gasteiger partial charge is 0.383 e. The maximum absolute atomic E-state index is 13.9. The fourth-order valence-electron chi connectivity index (χ4n) is 3.15. The molecule has 0 saturated heterocycles. The van der Waals surface area contributed by atoms with Crippen LogP contribution in [0.5, 0.6) is 0 Å². The summed E-state index contributed by atoms with van der Waals surface area (Å²) in [6.07, 6.45) is 7.22. The Morgan fingerprint density at radius 1 is 1.28 bits per heavy atom. The molecule has 0 saturated carbocycles. The summed E-state index contributed by atoms with van der Waals surface area (Å²) in [6.45, 7) is 1.83. The van der Waals surface area contributed by atoms with Crippen LogP contribution in [0.4, 0.5) is 10.2 Å². The van der Waals surface area contributed by atoms with Gasteiger partial charge < -0.3 is 20.3 Å². The van der Waals surface area contributed by atoms with E-state index >= 15 is 0 Å².